The van der Waals surface area contributed by atoms with Gasteiger partial charge in [-0.1, -0.05) is 12.1 Å². The van der Waals surface area contributed by atoms with Crippen LogP contribution in [0.4, 0.5) is 5.69 Å². The average molecular weight is 296 g/mol. The molecule has 0 saturated heterocycles. The van der Waals surface area contributed by atoms with Crippen molar-refractivity contribution in [3.05, 3.63) is 59.7 Å². The molecule has 0 bridgehead atoms. The molecule has 0 aromatic heterocycles. The van der Waals surface area contributed by atoms with Gasteiger partial charge < -0.3 is 15.8 Å². The topological polar surface area (TPSA) is 64.4 Å². The van der Waals surface area contributed by atoms with Crippen molar-refractivity contribution in [1.29, 1.82) is 0 Å². The van der Waals surface area contributed by atoms with Gasteiger partial charge in [0.05, 0.1) is 6.10 Å². The van der Waals surface area contributed by atoms with Gasteiger partial charge in [-0.2, -0.15) is 0 Å². The fourth-order valence-corrected chi connectivity index (χ4v) is 2.37. The Balaban J connectivity index is 1.58. The van der Waals surface area contributed by atoms with Gasteiger partial charge in [0, 0.05) is 17.8 Å². The molecule has 2 aromatic rings. The Bertz CT molecular complexity index is 648. The van der Waals surface area contributed by atoms with Crippen LogP contribution >= 0.6 is 0 Å². The number of nitrogens with two attached hydrogens (primary N) is 1. The first-order chi connectivity index (χ1) is 10.7. The summed E-state index contributed by atoms with van der Waals surface area (Å²) in [6.45, 7) is 0.706. The predicted molar refractivity (Wildman–Crippen MR) is 87.0 cm³/mol. The molecule has 0 atom stereocenters. The number of carbonyl (C=O) groups excluding carboxylic acids is 1. The summed E-state index contributed by atoms with van der Waals surface area (Å²) in [7, 11) is 0. The normalized spacial score (nSPS) is 14.2. The van der Waals surface area contributed by atoms with Crippen LogP contribution in [-0.2, 0) is 6.54 Å². The zero-order chi connectivity index (χ0) is 15.4. The van der Waals surface area contributed by atoms with E-state index in [2.05, 4.69) is 17.4 Å². The van der Waals surface area contributed by atoms with E-state index in [0.717, 1.165) is 29.8 Å². The number of ether oxygens (including phenoxy) is 1. The van der Waals surface area contributed by atoms with Crippen LogP contribution in [0.25, 0.3) is 0 Å². The van der Waals surface area contributed by atoms with Gasteiger partial charge >= 0.3 is 0 Å². The van der Waals surface area contributed by atoms with E-state index < -0.39 is 5.91 Å². The third-order valence-electron chi connectivity index (χ3n) is 3.92. The number of amides is 1. The quantitative estimate of drug-likeness (QED) is 0.859. The fourth-order valence-electron chi connectivity index (χ4n) is 2.37. The number of rotatable bonds is 6. The van der Waals surface area contributed by atoms with Gasteiger partial charge in [0.1, 0.15) is 5.75 Å². The zero-order valence-corrected chi connectivity index (χ0v) is 12.4. The van der Waals surface area contributed by atoms with Crippen molar-refractivity contribution in [2.24, 2.45) is 5.73 Å². The predicted octanol–water partition coefficient (Wildman–Crippen LogP) is 3.33. The monoisotopic (exact) mass is 296 g/mol. The molecule has 1 fully saturated rings. The van der Waals surface area contributed by atoms with Gasteiger partial charge in [-0.15, -0.1) is 0 Å². The third kappa shape index (κ3) is 3.58. The maximum Gasteiger partial charge on any atom is 0.248 e. The van der Waals surface area contributed by atoms with Gasteiger partial charge in [-0.25, -0.2) is 0 Å². The standard InChI is InChI=1S/C18H20N2O2/c19-18(21)14-7-9-15(10-8-14)20-12-13-3-1-6-17(11-13)22-16-4-2-5-16/h1,3,6-11,16,20H,2,4-5,12H2,(H2,19,21). The molecule has 4 nitrogen and oxygen atoms in total. The van der Waals surface area contributed by atoms with E-state index in [0.29, 0.717) is 18.2 Å². The van der Waals surface area contributed by atoms with Crippen molar-refractivity contribution in [3.63, 3.8) is 0 Å². The molecular weight excluding hydrogens is 276 g/mol. The minimum absolute atomic E-state index is 0.393. The van der Waals surface area contributed by atoms with E-state index in [1.54, 1.807) is 12.1 Å². The van der Waals surface area contributed by atoms with Crippen LogP contribution in [0, 0.1) is 0 Å². The molecule has 0 spiro atoms. The Kier molecular flexibility index (Phi) is 4.28. The lowest BCUT2D eigenvalue weighted by Gasteiger charge is -2.26. The molecule has 3 rings (SSSR count). The number of primary amides is 1. The summed E-state index contributed by atoms with van der Waals surface area (Å²) in [5.74, 6) is 0.528. The highest BCUT2D eigenvalue weighted by Gasteiger charge is 2.18. The molecule has 0 aliphatic heterocycles. The van der Waals surface area contributed by atoms with E-state index in [1.165, 1.54) is 6.42 Å². The van der Waals surface area contributed by atoms with Crippen LogP contribution in [0.1, 0.15) is 35.2 Å². The fraction of sp³-hybridized carbons (Fsp3) is 0.278. The number of benzene rings is 2. The summed E-state index contributed by atoms with van der Waals surface area (Å²) < 4.78 is 5.91. The van der Waals surface area contributed by atoms with E-state index in [4.69, 9.17) is 10.5 Å². The first-order valence-corrected chi connectivity index (χ1v) is 7.60. The molecule has 0 heterocycles. The summed E-state index contributed by atoms with van der Waals surface area (Å²) in [4.78, 5) is 11.0. The van der Waals surface area contributed by atoms with Crippen LogP contribution in [0.15, 0.2) is 48.5 Å². The van der Waals surface area contributed by atoms with Crippen molar-refractivity contribution in [3.8, 4) is 5.75 Å². The minimum atomic E-state index is -0.410. The molecule has 2 aromatic carbocycles. The van der Waals surface area contributed by atoms with Crippen LogP contribution in [0.5, 0.6) is 5.75 Å². The molecule has 114 valence electrons. The van der Waals surface area contributed by atoms with Crippen molar-refractivity contribution < 1.29 is 9.53 Å². The number of hydrogen-bond acceptors (Lipinski definition) is 3. The lowest BCUT2D eigenvalue weighted by molar-refractivity contribution is 0.1000. The van der Waals surface area contributed by atoms with Gasteiger partial charge in [0.2, 0.25) is 5.91 Å². The molecule has 22 heavy (non-hydrogen) atoms. The van der Waals surface area contributed by atoms with Gasteiger partial charge in [0.15, 0.2) is 0 Å². The highest BCUT2D eigenvalue weighted by Crippen LogP contribution is 2.25. The Morgan fingerprint density at radius 1 is 1.18 bits per heavy atom. The number of anilines is 1. The Morgan fingerprint density at radius 2 is 1.95 bits per heavy atom. The van der Waals surface area contributed by atoms with E-state index in [-0.39, 0.29) is 0 Å². The third-order valence-corrected chi connectivity index (χ3v) is 3.92. The van der Waals surface area contributed by atoms with Crippen molar-refractivity contribution in [2.75, 3.05) is 5.32 Å². The second-order valence-electron chi connectivity index (χ2n) is 5.61. The van der Waals surface area contributed by atoms with E-state index >= 15 is 0 Å². The highest BCUT2D eigenvalue weighted by atomic mass is 16.5. The summed E-state index contributed by atoms with van der Waals surface area (Å²) in [6.07, 6.45) is 3.99. The average Bonchev–Trinajstić information content (AvgIpc) is 2.50. The summed E-state index contributed by atoms with van der Waals surface area (Å²) >= 11 is 0. The maximum atomic E-state index is 11.0. The van der Waals surface area contributed by atoms with Crippen LogP contribution in [0.2, 0.25) is 0 Å². The Labute approximate surface area is 130 Å². The number of hydrogen-bond donors (Lipinski definition) is 2. The van der Waals surface area contributed by atoms with Crippen LogP contribution in [0.3, 0.4) is 0 Å². The SMILES string of the molecule is NC(=O)c1ccc(NCc2cccc(OC3CCC3)c2)cc1. The largest absolute Gasteiger partial charge is 0.490 e. The van der Waals surface area contributed by atoms with E-state index in [9.17, 15) is 4.79 Å². The minimum Gasteiger partial charge on any atom is -0.490 e. The molecule has 1 aliphatic carbocycles. The first kappa shape index (κ1) is 14.4. The Hall–Kier alpha value is -2.49. The second-order valence-corrected chi connectivity index (χ2v) is 5.61. The lowest BCUT2D eigenvalue weighted by Crippen LogP contribution is -2.24. The summed E-state index contributed by atoms with van der Waals surface area (Å²) in [6, 6.07) is 15.3. The van der Waals surface area contributed by atoms with Gasteiger partial charge in [0.25, 0.3) is 0 Å². The zero-order valence-electron chi connectivity index (χ0n) is 12.4. The molecule has 1 aliphatic rings. The highest BCUT2D eigenvalue weighted by molar-refractivity contribution is 5.93. The lowest BCUT2D eigenvalue weighted by atomic mass is 9.96. The molecule has 1 saturated carbocycles. The van der Waals surface area contributed by atoms with Crippen LogP contribution < -0.4 is 15.8 Å². The Morgan fingerprint density at radius 3 is 2.59 bits per heavy atom. The first-order valence-electron chi connectivity index (χ1n) is 7.60. The maximum absolute atomic E-state index is 11.0. The number of carbonyl (C=O) groups is 1. The second kappa shape index (κ2) is 6.52. The molecule has 0 unspecified atom stereocenters. The smallest absolute Gasteiger partial charge is 0.248 e. The molecule has 1 amide bonds. The molecular formula is C18H20N2O2. The number of nitrogens with one attached hydrogen (secondary N) is 1. The van der Waals surface area contributed by atoms with Crippen molar-refractivity contribution in [1.82, 2.24) is 0 Å². The van der Waals surface area contributed by atoms with Crippen LogP contribution in [-0.4, -0.2) is 12.0 Å². The van der Waals surface area contributed by atoms with Gasteiger partial charge in [-0.05, 0) is 61.2 Å². The summed E-state index contributed by atoms with van der Waals surface area (Å²) in [5, 5.41) is 3.33. The molecule has 0 radical (unpaired) electrons. The molecule has 3 N–H and O–H groups in total. The van der Waals surface area contributed by atoms with E-state index in [1.807, 2.05) is 24.3 Å². The van der Waals surface area contributed by atoms with Gasteiger partial charge in [-0.3, -0.25) is 4.79 Å². The molecule has 4 heteroatoms. The van der Waals surface area contributed by atoms with Crippen molar-refractivity contribution >= 4 is 11.6 Å². The summed E-state index contributed by atoms with van der Waals surface area (Å²) in [5.41, 5.74) is 7.86. The van der Waals surface area contributed by atoms with Crippen molar-refractivity contribution in [2.45, 2.75) is 31.9 Å².